The zero-order chi connectivity index (χ0) is 13.1. The van der Waals surface area contributed by atoms with Gasteiger partial charge in [-0.05, 0) is 13.8 Å². The van der Waals surface area contributed by atoms with Gasteiger partial charge in [0.15, 0.2) is 11.0 Å². The molecule has 2 aromatic heterocycles. The highest BCUT2D eigenvalue weighted by molar-refractivity contribution is 6.30. The van der Waals surface area contributed by atoms with E-state index in [9.17, 15) is 4.39 Å². The number of halogens is 2. The average molecular weight is 272 g/mol. The van der Waals surface area contributed by atoms with Crippen LogP contribution in [0, 0.1) is 5.82 Å². The fourth-order valence-corrected chi connectivity index (χ4v) is 1.57. The molecule has 2 aromatic rings. The first kappa shape index (κ1) is 12.8. The highest BCUT2D eigenvalue weighted by Crippen LogP contribution is 2.28. The Morgan fingerprint density at radius 3 is 2.61 bits per heavy atom. The van der Waals surface area contributed by atoms with Gasteiger partial charge in [-0.1, -0.05) is 11.6 Å². The summed E-state index contributed by atoms with van der Waals surface area (Å²) >= 11 is 5.62. The number of rotatable bonds is 4. The van der Waals surface area contributed by atoms with Crippen molar-refractivity contribution in [3.63, 3.8) is 0 Å². The van der Waals surface area contributed by atoms with Gasteiger partial charge < -0.3 is 9.47 Å². The lowest BCUT2D eigenvalue weighted by molar-refractivity contribution is 0.292. The predicted octanol–water partition coefficient (Wildman–Crippen LogP) is 2.61. The summed E-state index contributed by atoms with van der Waals surface area (Å²) in [4.78, 5) is 11.7. The first-order chi connectivity index (χ1) is 8.67. The van der Waals surface area contributed by atoms with Gasteiger partial charge in [0, 0.05) is 6.20 Å². The maximum absolute atomic E-state index is 13.8. The second-order valence-electron chi connectivity index (χ2n) is 3.30. The van der Waals surface area contributed by atoms with Crippen LogP contribution in [0.5, 0.6) is 11.9 Å². The molecule has 96 valence electrons. The number of pyridine rings is 1. The molecule has 7 heteroatoms. The molecule has 5 nitrogen and oxygen atoms in total. The lowest BCUT2D eigenvalue weighted by Crippen LogP contribution is -2.03. The van der Waals surface area contributed by atoms with Crippen molar-refractivity contribution in [3.05, 3.63) is 17.2 Å². The van der Waals surface area contributed by atoms with Crippen molar-refractivity contribution in [3.8, 4) is 11.9 Å². The van der Waals surface area contributed by atoms with Gasteiger partial charge in [0.1, 0.15) is 5.52 Å². The molecule has 0 N–H and O–H groups in total. The standard InChI is InChI=1S/C11H11ClFN3O2/c1-3-17-10-6-5-14-9(12)7(13)8(6)15-11(16-10)18-4-2/h5H,3-4H2,1-2H3. The van der Waals surface area contributed by atoms with Crippen molar-refractivity contribution in [2.75, 3.05) is 13.2 Å². The molecule has 0 atom stereocenters. The maximum atomic E-state index is 13.8. The summed E-state index contributed by atoms with van der Waals surface area (Å²) in [7, 11) is 0. The number of ether oxygens (including phenoxy) is 2. The summed E-state index contributed by atoms with van der Waals surface area (Å²) in [6.07, 6.45) is 1.38. The molecule has 0 amide bonds. The predicted molar refractivity (Wildman–Crippen MR) is 64.6 cm³/mol. The third-order valence-electron chi connectivity index (χ3n) is 2.14. The van der Waals surface area contributed by atoms with Crippen molar-refractivity contribution < 1.29 is 13.9 Å². The Kier molecular flexibility index (Phi) is 3.76. The summed E-state index contributed by atoms with van der Waals surface area (Å²) in [5.41, 5.74) is 0.0388. The van der Waals surface area contributed by atoms with Crippen LogP contribution >= 0.6 is 11.6 Å². The van der Waals surface area contributed by atoms with Crippen LogP contribution in [0.15, 0.2) is 6.20 Å². The Hall–Kier alpha value is -1.69. The summed E-state index contributed by atoms with van der Waals surface area (Å²) in [6.45, 7) is 4.34. The van der Waals surface area contributed by atoms with Crippen LogP contribution in [0.3, 0.4) is 0 Å². The molecular weight excluding hydrogens is 261 g/mol. The summed E-state index contributed by atoms with van der Waals surface area (Å²) in [6, 6.07) is 0.0506. The van der Waals surface area contributed by atoms with Crippen LogP contribution in [0.2, 0.25) is 5.15 Å². The van der Waals surface area contributed by atoms with E-state index in [4.69, 9.17) is 21.1 Å². The lowest BCUT2D eigenvalue weighted by atomic mass is 10.3. The largest absolute Gasteiger partial charge is 0.477 e. The minimum absolute atomic E-state index is 0.0388. The molecule has 0 aliphatic heterocycles. The monoisotopic (exact) mass is 271 g/mol. The minimum atomic E-state index is -0.710. The quantitative estimate of drug-likeness (QED) is 0.800. The number of aromatic nitrogens is 3. The van der Waals surface area contributed by atoms with Gasteiger partial charge >= 0.3 is 6.01 Å². The molecule has 18 heavy (non-hydrogen) atoms. The van der Waals surface area contributed by atoms with Crippen molar-refractivity contribution in [1.82, 2.24) is 15.0 Å². The Morgan fingerprint density at radius 2 is 1.94 bits per heavy atom. The molecule has 0 saturated carbocycles. The number of nitrogens with zero attached hydrogens (tertiary/aromatic N) is 3. The van der Waals surface area contributed by atoms with Gasteiger partial charge in [0.25, 0.3) is 0 Å². The normalized spacial score (nSPS) is 10.7. The van der Waals surface area contributed by atoms with Gasteiger partial charge in [0.05, 0.1) is 18.6 Å². The minimum Gasteiger partial charge on any atom is -0.477 e. The second kappa shape index (κ2) is 5.30. The van der Waals surface area contributed by atoms with Crippen LogP contribution in [0.4, 0.5) is 4.39 Å². The van der Waals surface area contributed by atoms with Gasteiger partial charge in [-0.15, -0.1) is 0 Å². The van der Waals surface area contributed by atoms with E-state index in [2.05, 4.69) is 15.0 Å². The van der Waals surface area contributed by atoms with Crippen LogP contribution < -0.4 is 9.47 Å². The van der Waals surface area contributed by atoms with E-state index in [1.807, 2.05) is 0 Å². The highest BCUT2D eigenvalue weighted by Gasteiger charge is 2.16. The average Bonchev–Trinajstić information content (AvgIpc) is 2.35. The molecule has 0 saturated heterocycles. The molecule has 2 heterocycles. The fraction of sp³-hybridized carbons (Fsp3) is 0.364. The van der Waals surface area contributed by atoms with Gasteiger partial charge in [-0.25, -0.2) is 9.37 Å². The van der Waals surface area contributed by atoms with E-state index in [0.29, 0.717) is 18.6 Å². The topological polar surface area (TPSA) is 57.1 Å². The third-order valence-corrected chi connectivity index (χ3v) is 2.40. The molecule has 0 aliphatic rings. The summed E-state index contributed by atoms with van der Waals surface area (Å²) in [5, 5.41) is 0.119. The Morgan fingerprint density at radius 1 is 1.22 bits per heavy atom. The summed E-state index contributed by atoms with van der Waals surface area (Å²) in [5.74, 6) is -0.479. The maximum Gasteiger partial charge on any atom is 0.320 e. The first-order valence-corrected chi connectivity index (χ1v) is 5.82. The first-order valence-electron chi connectivity index (χ1n) is 5.44. The van der Waals surface area contributed by atoms with Crippen molar-refractivity contribution in [2.24, 2.45) is 0 Å². The molecule has 2 rings (SSSR count). The third kappa shape index (κ3) is 2.28. The Labute approximate surface area is 108 Å². The van der Waals surface area contributed by atoms with E-state index < -0.39 is 5.82 Å². The van der Waals surface area contributed by atoms with Crippen LogP contribution in [-0.4, -0.2) is 28.2 Å². The molecule has 0 bridgehead atoms. The van der Waals surface area contributed by atoms with E-state index in [1.165, 1.54) is 6.20 Å². The number of hydrogen-bond donors (Lipinski definition) is 0. The molecule has 0 spiro atoms. The van der Waals surface area contributed by atoms with Crippen molar-refractivity contribution >= 4 is 22.5 Å². The lowest BCUT2D eigenvalue weighted by Gasteiger charge is -2.09. The molecule has 0 aromatic carbocycles. The number of fused-ring (bicyclic) bond motifs is 1. The second-order valence-corrected chi connectivity index (χ2v) is 3.66. The van der Waals surface area contributed by atoms with Crippen molar-refractivity contribution in [2.45, 2.75) is 13.8 Å². The molecule has 0 unspecified atom stereocenters. The van der Waals surface area contributed by atoms with Gasteiger partial charge in [-0.3, -0.25) is 0 Å². The summed E-state index contributed by atoms with van der Waals surface area (Å²) < 4.78 is 24.3. The smallest absolute Gasteiger partial charge is 0.320 e. The van der Waals surface area contributed by atoms with Crippen molar-refractivity contribution in [1.29, 1.82) is 0 Å². The molecule has 0 radical (unpaired) electrons. The zero-order valence-corrected chi connectivity index (χ0v) is 10.7. The van der Waals surface area contributed by atoms with E-state index in [-0.39, 0.29) is 22.6 Å². The van der Waals surface area contributed by atoms with Crippen LogP contribution in [0.25, 0.3) is 10.9 Å². The van der Waals surface area contributed by atoms with E-state index in [0.717, 1.165) is 0 Å². The Bertz CT molecular complexity index is 580. The van der Waals surface area contributed by atoms with Crippen LogP contribution in [0.1, 0.15) is 13.8 Å². The highest BCUT2D eigenvalue weighted by atomic mass is 35.5. The van der Waals surface area contributed by atoms with Gasteiger partial charge in [-0.2, -0.15) is 9.97 Å². The Balaban J connectivity index is 2.68. The SMILES string of the molecule is CCOc1nc(OCC)c2cnc(Cl)c(F)c2n1. The van der Waals surface area contributed by atoms with E-state index >= 15 is 0 Å². The number of hydrogen-bond acceptors (Lipinski definition) is 5. The molecule has 0 fully saturated rings. The van der Waals surface area contributed by atoms with Crippen LogP contribution in [-0.2, 0) is 0 Å². The zero-order valence-electron chi connectivity index (χ0n) is 9.91. The molecular formula is C11H11ClFN3O2. The van der Waals surface area contributed by atoms with Gasteiger partial charge in [0.2, 0.25) is 5.88 Å². The fourth-order valence-electron chi connectivity index (χ4n) is 1.43. The molecule has 0 aliphatic carbocycles. The van der Waals surface area contributed by atoms with E-state index in [1.54, 1.807) is 13.8 Å².